The van der Waals surface area contributed by atoms with Crippen molar-refractivity contribution >= 4 is 5.82 Å². The maximum Gasteiger partial charge on any atom is 0.128 e. The van der Waals surface area contributed by atoms with E-state index >= 15 is 0 Å². The highest BCUT2D eigenvalue weighted by atomic mass is 15.2. The number of likely N-dealkylation sites (tertiary alicyclic amines) is 1. The Kier molecular flexibility index (Phi) is 5.38. The van der Waals surface area contributed by atoms with E-state index in [-0.39, 0.29) is 0 Å². The lowest BCUT2D eigenvalue weighted by molar-refractivity contribution is 0.247. The van der Waals surface area contributed by atoms with E-state index in [0.29, 0.717) is 12.1 Å². The molecule has 1 fully saturated rings. The van der Waals surface area contributed by atoms with E-state index in [1.54, 1.807) is 0 Å². The van der Waals surface area contributed by atoms with Crippen LogP contribution in [0.1, 0.15) is 32.3 Å². The number of aromatic nitrogens is 1. The number of hydrogen-bond acceptors (Lipinski definition) is 4. The zero-order chi connectivity index (χ0) is 14.5. The quantitative estimate of drug-likeness (QED) is 0.892. The second-order valence-corrected chi connectivity index (χ2v) is 6.23. The van der Waals surface area contributed by atoms with Crippen molar-refractivity contribution in [2.75, 3.05) is 32.1 Å². The van der Waals surface area contributed by atoms with E-state index in [2.05, 4.69) is 60.2 Å². The molecule has 0 aromatic carbocycles. The van der Waals surface area contributed by atoms with Crippen molar-refractivity contribution in [2.45, 2.75) is 45.3 Å². The summed E-state index contributed by atoms with van der Waals surface area (Å²) in [5.41, 5.74) is 1.31. The normalized spacial score (nSPS) is 20.4. The third-order valence-corrected chi connectivity index (χ3v) is 4.03. The lowest BCUT2D eigenvalue weighted by atomic mass is 10.0. The van der Waals surface area contributed by atoms with Gasteiger partial charge in [-0.2, -0.15) is 0 Å². The van der Waals surface area contributed by atoms with Gasteiger partial charge >= 0.3 is 0 Å². The van der Waals surface area contributed by atoms with Crippen molar-refractivity contribution in [2.24, 2.45) is 0 Å². The van der Waals surface area contributed by atoms with Gasteiger partial charge in [-0.05, 0) is 44.1 Å². The molecule has 0 saturated carbocycles. The Bertz CT molecular complexity index is 419. The summed E-state index contributed by atoms with van der Waals surface area (Å²) in [6.07, 6.45) is 4.47. The van der Waals surface area contributed by atoms with Crippen LogP contribution in [0.4, 0.5) is 5.82 Å². The van der Waals surface area contributed by atoms with Gasteiger partial charge in [0.1, 0.15) is 5.82 Å². The summed E-state index contributed by atoms with van der Waals surface area (Å²) in [4.78, 5) is 9.30. The van der Waals surface area contributed by atoms with Gasteiger partial charge in [0, 0.05) is 38.4 Å². The third kappa shape index (κ3) is 4.18. The van der Waals surface area contributed by atoms with E-state index in [0.717, 1.165) is 18.9 Å². The SMILES string of the molecule is CC(C)NCc1ccnc(N(C)C2CCCN(C)C2)c1. The van der Waals surface area contributed by atoms with Crippen molar-refractivity contribution in [3.8, 4) is 0 Å². The minimum absolute atomic E-state index is 0.510. The molecule has 0 spiro atoms. The maximum absolute atomic E-state index is 4.55. The lowest BCUT2D eigenvalue weighted by Crippen LogP contribution is -2.45. The summed E-state index contributed by atoms with van der Waals surface area (Å²) in [5.74, 6) is 1.09. The molecule has 1 aromatic rings. The molecule has 20 heavy (non-hydrogen) atoms. The van der Waals surface area contributed by atoms with E-state index in [9.17, 15) is 0 Å². The Balaban J connectivity index is 2.01. The zero-order valence-electron chi connectivity index (χ0n) is 13.3. The van der Waals surface area contributed by atoms with Crippen molar-refractivity contribution in [1.29, 1.82) is 0 Å². The highest BCUT2D eigenvalue weighted by Crippen LogP contribution is 2.20. The number of anilines is 1. The first-order chi connectivity index (χ1) is 9.56. The first-order valence-corrected chi connectivity index (χ1v) is 7.66. The van der Waals surface area contributed by atoms with Crippen LogP contribution in [0.5, 0.6) is 0 Å². The monoisotopic (exact) mass is 276 g/mol. The molecule has 1 saturated heterocycles. The number of hydrogen-bond donors (Lipinski definition) is 1. The molecule has 2 heterocycles. The van der Waals surface area contributed by atoms with Gasteiger partial charge in [0.25, 0.3) is 0 Å². The Hall–Kier alpha value is -1.13. The van der Waals surface area contributed by atoms with Crippen LogP contribution in [0, 0.1) is 0 Å². The van der Waals surface area contributed by atoms with Gasteiger partial charge in [0.15, 0.2) is 0 Å². The van der Waals surface area contributed by atoms with Crippen molar-refractivity contribution in [1.82, 2.24) is 15.2 Å². The van der Waals surface area contributed by atoms with E-state index in [4.69, 9.17) is 0 Å². The van der Waals surface area contributed by atoms with Gasteiger partial charge in [-0.3, -0.25) is 0 Å². The summed E-state index contributed by atoms with van der Waals surface area (Å²) >= 11 is 0. The number of likely N-dealkylation sites (N-methyl/N-ethyl adjacent to an activating group) is 2. The standard InChI is InChI=1S/C16H28N4/c1-13(2)18-11-14-7-8-17-16(10-14)20(4)15-6-5-9-19(3)12-15/h7-8,10,13,15,18H,5-6,9,11-12H2,1-4H3. The van der Waals surface area contributed by atoms with Crippen molar-refractivity contribution < 1.29 is 0 Å². The topological polar surface area (TPSA) is 31.4 Å². The van der Waals surface area contributed by atoms with Gasteiger partial charge in [0.2, 0.25) is 0 Å². The minimum atomic E-state index is 0.510. The molecule has 0 amide bonds. The smallest absolute Gasteiger partial charge is 0.128 e. The van der Waals surface area contributed by atoms with Gasteiger partial charge in [-0.15, -0.1) is 0 Å². The Morgan fingerprint density at radius 1 is 1.50 bits per heavy atom. The molecule has 1 aliphatic rings. The fourth-order valence-electron chi connectivity index (χ4n) is 2.73. The summed E-state index contributed by atoms with van der Waals surface area (Å²) in [6, 6.07) is 5.40. The third-order valence-electron chi connectivity index (χ3n) is 4.03. The number of piperidine rings is 1. The molecule has 1 atom stereocenters. The molecule has 0 aliphatic carbocycles. The van der Waals surface area contributed by atoms with Crippen LogP contribution < -0.4 is 10.2 Å². The van der Waals surface area contributed by atoms with Crippen LogP contribution in [0.25, 0.3) is 0 Å². The number of pyridine rings is 1. The number of nitrogens with one attached hydrogen (secondary N) is 1. The molecule has 1 aromatic heterocycles. The molecule has 112 valence electrons. The molecule has 1 unspecified atom stereocenters. The van der Waals surface area contributed by atoms with E-state index in [1.807, 2.05) is 6.20 Å². The molecular formula is C16H28N4. The second kappa shape index (κ2) is 7.04. The van der Waals surface area contributed by atoms with Crippen LogP contribution in [0.3, 0.4) is 0 Å². The Labute approximate surface area is 123 Å². The molecule has 2 rings (SSSR count). The summed E-state index contributed by atoms with van der Waals surface area (Å²) in [5, 5.41) is 3.46. The van der Waals surface area contributed by atoms with Crippen LogP contribution in [0.2, 0.25) is 0 Å². The highest BCUT2D eigenvalue weighted by molar-refractivity contribution is 5.41. The van der Waals surface area contributed by atoms with Crippen LogP contribution >= 0.6 is 0 Å². The molecule has 1 aliphatic heterocycles. The van der Waals surface area contributed by atoms with Crippen molar-refractivity contribution in [3.05, 3.63) is 23.9 Å². The molecule has 0 bridgehead atoms. The Morgan fingerprint density at radius 2 is 2.30 bits per heavy atom. The average Bonchev–Trinajstić information content (AvgIpc) is 2.44. The molecule has 1 N–H and O–H groups in total. The fourth-order valence-corrected chi connectivity index (χ4v) is 2.73. The van der Waals surface area contributed by atoms with Gasteiger partial charge < -0.3 is 15.1 Å². The second-order valence-electron chi connectivity index (χ2n) is 6.23. The highest BCUT2D eigenvalue weighted by Gasteiger charge is 2.22. The number of nitrogens with zero attached hydrogens (tertiary/aromatic N) is 3. The molecule has 4 nitrogen and oxygen atoms in total. The first kappa shape index (κ1) is 15.3. The summed E-state index contributed by atoms with van der Waals surface area (Å²) < 4.78 is 0. The number of rotatable bonds is 5. The van der Waals surface area contributed by atoms with Crippen LogP contribution in [-0.2, 0) is 6.54 Å². The lowest BCUT2D eigenvalue weighted by Gasteiger charge is -2.36. The molecule has 0 radical (unpaired) electrons. The van der Waals surface area contributed by atoms with E-state index in [1.165, 1.54) is 24.9 Å². The minimum Gasteiger partial charge on any atom is -0.355 e. The largest absolute Gasteiger partial charge is 0.355 e. The maximum atomic E-state index is 4.55. The summed E-state index contributed by atoms with van der Waals surface area (Å²) in [7, 11) is 4.38. The predicted octanol–water partition coefficient (Wildman–Crippen LogP) is 2.11. The summed E-state index contributed by atoms with van der Waals surface area (Å²) in [6.45, 7) is 7.60. The Morgan fingerprint density at radius 3 is 3.00 bits per heavy atom. The van der Waals surface area contributed by atoms with Gasteiger partial charge in [-0.1, -0.05) is 13.8 Å². The van der Waals surface area contributed by atoms with Crippen LogP contribution in [0.15, 0.2) is 18.3 Å². The van der Waals surface area contributed by atoms with Crippen molar-refractivity contribution in [3.63, 3.8) is 0 Å². The fraction of sp³-hybridized carbons (Fsp3) is 0.688. The van der Waals surface area contributed by atoms with Gasteiger partial charge in [-0.25, -0.2) is 4.98 Å². The first-order valence-electron chi connectivity index (χ1n) is 7.66. The predicted molar refractivity (Wildman–Crippen MR) is 85.1 cm³/mol. The molecular weight excluding hydrogens is 248 g/mol. The van der Waals surface area contributed by atoms with Gasteiger partial charge in [0.05, 0.1) is 0 Å². The average molecular weight is 276 g/mol. The van der Waals surface area contributed by atoms with E-state index < -0.39 is 0 Å². The molecule has 4 heteroatoms. The zero-order valence-corrected chi connectivity index (χ0v) is 13.3. The van der Waals surface area contributed by atoms with Crippen LogP contribution in [-0.4, -0.2) is 49.2 Å².